The Kier molecular flexibility index (Phi) is 1.93. The molecule has 1 aliphatic heterocycles. The number of fused-ring (bicyclic) bond motifs is 1. The van der Waals surface area contributed by atoms with E-state index < -0.39 is 5.60 Å². The minimum absolute atomic E-state index is 0.165. The first-order chi connectivity index (χ1) is 6.11. The van der Waals surface area contributed by atoms with E-state index in [0.29, 0.717) is 11.3 Å². The first-order valence-electron chi connectivity index (χ1n) is 4.10. The van der Waals surface area contributed by atoms with Crippen LogP contribution in [0.3, 0.4) is 0 Å². The number of benzene rings is 1. The van der Waals surface area contributed by atoms with Crippen LogP contribution in [0.2, 0.25) is 0 Å². The maximum Gasteiger partial charge on any atom is 0.196 e. The fourth-order valence-corrected chi connectivity index (χ4v) is 2.41. The van der Waals surface area contributed by atoms with Gasteiger partial charge in [0, 0.05) is 16.2 Å². The molecule has 0 aliphatic carbocycles. The van der Waals surface area contributed by atoms with E-state index in [4.69, 9.17) is 0 Å². The van der Waals surface area contributed by atoms with Crippen LogP contribution >= 0.6 is 11.8 Å². The Morgan fingerprint density at radius 3 is 2.92 bits per heavy atom. The van der Waals surface area contributed by atoms with Gasteiger partial charge in [-0.2, -0.15) is 0 Å². The van der Waals surface area contributed by atoms with Crippen molar-refractivity contribution < 1.29 is 9.90 Å². The molecule has 0 fully saturated rings. The predicted molar refractivity (Wildman–Crippen MR) is 52.1 cm³/mol. The van der Waals surface area contributed by atoms with Gasteiger partial charge in [-0.05, 0) is 13.0 Å². The molecule has 0 saturated carbocycles. The summed E-state index contributed by atoms with van der Waals surface area (Å²) in [5, 5.41) is 9.72. The molecule has 1 N–H and O–H groups in total. The first kappa shape index (κ1) is 8.78. The summed E-state index contributed by atoms with van der Waals surface area (Å²) >= 11 is 1.53. The topological polar surface area (TPSA) is 37.3 Å². The van der Waals surface area contributed by atoms with Gasteiger partial charge in [0.1, 0.15) is 5.60 Å². The number of aliphatic hydroxyl groups is 1. The van der Waals surface area contributed by atoms with Gasteiger partial charge < -0.3 is 5.11 Å². The highest BCUT2D eigenvalue weighted by Gasteiger charge is 2.36. The Labute approximate surface area is 81.0 Å². The third kappa shape index (κ3) is 1.38. The third-order valence-corrected chi connectivity index (χ3v) is 3.50. The monoisotopic (exact) mass is 194 g/mol. The van der Waals surface area contributed by atoms with Crippen LogP contribution in [-0.2, 0) is 0 Å². The average molecular weight is 194 g/mol. The Hall–Kier alpha value is -0.800. The molecule has 0 radical (unpaired) electrons. The van der Waals surface area contributed by atoms with Crippen LogP contribution in [0, 0.1) is 0 Å². The molecule has 68 valence electrons. The van der Waals surface area contributed by atoms with Crippen LogP contribution in [0.4, 0.5) is 0 Å². The van der Waals surface area contributed by atoms with Crippen LogP contribution in [0.1, 0.15) is 17.3 Å². The van der Waals surface area contributed by atoms with Gasteiger partial charge in [0.15, 0.2) is 5.78 Å². The van der Waals surface area contributed by atoms with Gasteiger partial charge in [-0.3, -0.25) is 4.79 Å². The SMILES string of the molecule is CC1(O)CSc2ccccc2C1=O. The maximum absolute atomic E-state index is 11.7. The molecule has 0 saturated heterocycles. The van der Waals surface area contributed by atoms with Gasteiger partial charge in [-0.1, -0.05) is 18.2 Å². The zero-order valence-corrected chi connectivity index (χ0v) is 8.10. The lowest BCUT2D eigenvalue weighted by atomic mass is 9.96. The van der Waals surface area contributed by atoms with E-state index in [9.17, 15) is 9.90 Å². The summed E-state index contributed by atoms with van der Waals surface area (Å²) < 4.78 is 0. The zero-order valence-electron chi connectivity index (χ0n) is 7.28. The Morgan fingerprint density at radius 1 is 1.46 bits per heavy atom. The molecule has 13 heavy (non-hydrogen) atoms. The summed E-state index contributed by atoms with van der Waals surface area (Å²) in [5.74, 6) is 0.282. The molecule has 1 heterocycles. The van der Waals surface area contributed by atoms with Crippen molar-refractivity contribution in [1.82, 2.24) is 0 Å². The smallest absolute Gasteiger partial charge is 0.196 e. The van der Waals surface area contributed by atoms with E-state index in [-0.39, 0.29) is 5.78 Å². The van der Waals surface area contributed by atoms with Crippen LogP contribution in [0.25, 0.3) is 0 Å². The number of thioether (sulfide) groups is 1. The van der Waals surface area contributed by atoms with Gasteiger partial charge >= 0.3 is 0 Å². The molecule has 1 unspecified atom stereocenters. The van der Waals surface area contributed by atoms with Gasteiger partial charge in [0.25, 0.3) is 0 Å². The second-order valence-electron chi connectivity index (χ2n) is 3.39. The maximum atomic E-state index is 11.7. The zero-order chi connectivity index (χ0) is 9.47. The van der Waals surface area contributed by atoms with Crippen molar-refractivity contribution in [3.8, 4) is 0 Å². The molecule has 0 amide bonds. The number of rotatable bonds is 0. The highest BCUT2D eigenvalue weighted by atomic mass is 32.2. The van der Waals surface area contributed by atoms with Crippen LogP contribution in [-0.4, -0.2) is 22.2 Å². The van der Waals surface area contributed by atoms with E-state index in [1.54, 1.807) is 13.0 Å². The first-order valence-corrected chi connectivity index (χ1v) is 5.09. The second kappa shape index (κ2) is 2.86. The quantitative estimate of drug-likeness (QED) is 0.683. The number of hydrogen-bond acceptors (Lipinski definition) is 3. The highest BCUT2D eigenvalue weighted by Crippen LogP contribution is 2.34. The standard InChI is InChI=1S/C10H10O2S/c1-10(12)6-13-8-5-3-2-4-7(8)9(10)11/h2-5,12H,6H2,1H3. The highest BCUT2D eigenvalue weighted by molar-refractivity contribution is 7.99. The van der Waals surface area contributed by atoms with Crippen molar-refractivity contribution >= 4 is 17.5 Å². The molecule has 0 spiro atoms. The molecule has 1 aliphatic rings. The van der Waals surface area contributed by atoms with E-state index in [0.717, 1.165) is 4.90 Å². The average Bonchev–Trinajstić information content (AvgIpc) is 2.13. The Bertz CT molecular complexity index is 358. The van der Waals surface area contributed by atoms with Crippen LogP contribution < -0.4 is 0 Å². The molecule has 1 aromatic carbocycles. The van der Waals surface area contributed by atoms with E-state index in [2.05, 4.69) is 0 Å². The third-order valence-electron chi connectivity index (χ3n) is 2.13. The van der Waals surface area contributed by atoms with Crippen molar-refractivity contribution in [1.29, 1.82) is 0 Å². The number of hydrogen-bond donors (Lipinski definition) is 1. The summed E-state index contributed by atoms with van der Waals surface area (Å²) in [7, 11) is 0. The Morgan fingerprint density at radius 2 is 2.15 bits per heavy atom. The van der Waals surface area contributed by atoms with E-state index in [1.165, 1.54) is 11.8 Å². The van der Waals surface area contributed by atoms with Crippen LogP contribution in [0.15, 0.2) is 29.2 Å². The predicted octanol–water partition coefficient (Wildman–Crippen LogP) is 1.73. The Balaban J connectivity index is 2.52. The fraction of sp³-hybridized carbons (Fsp3) is 0.300. The number of ketones is 1. The summed E-state index contributed by atoms with van der Waals surface area (Å²) in [6.07, 6.45) is 0. The minimum Gasteiger partial charge on any atom is -0.381 e. The normalized spacial score (nSPS) is 27.1. The molecule has 1 atom stereocenters. The van der Waals surface area contributed by atoms with Crippen molar-refractivity contribution in [2.24, 2.45) is 0 Å². The summed E-state index contributed by atoms with van der Waals surface area (Å²) in [6.45, 7) is 1.57. The minimum atomic E-state index is -1.20. The lowest BCUT2D eigenvalue weighted by Gasteiger charge is -2.27. The van der Waals surface area contributed by atoms with Crippen molar-refractivity contribution in [2.45, 2.75) is 17.4 Å². The summed E-state index contributed by atoms with van der Waals surface area (Å²) in [6, 6.07) is 7.39. The van der Waals surface area contributed by atoms with E-state index >= 15 is 0 Å². The molecule has 0 aromatic heterocycles. The second-order valence-corrected chi connectivity index (χ2v) is 4.40. The lowest BCUT2D eigenvalue weighted by Crippen LogP contribution is -2.40. The van der Waals surface area contributed by atoms with E-state index in [1.807, 2.05) is 18.2 Å². The van der Waals surface area contributed by atoms with Gasteiger partial charge in [0.05, 0.1) is 0 Å². The fourth-order valence-electron chi connectivity index (χ4n) is 1.35. The summed E-state index contributed by atoms with van der Waals surface area (Å²) in [4.78, 5) is 12.6. The van der Waals surface area contributed by atoms with Crippen molar-refractivity contribution in [2.75, 3.05) is 5.75 Å². The molecule has 0 bridgehead atoms. The molecule has 3 heteroatoms. The molecule has 1 aromatic rings. The number of Topliss-reactive ketones (excluding diaryl/α,β-unsaturated/α-hetero) is 1. The summed E-state index contributed by atoms with van der Waals surface area (Å²) in [5.41, 5.74) is -0.553. The lowest BCUT2D eigenvalue weighted by molar-refractivity contribution is 0.0496. The van der Waals surface area contributed by atoms with Gasteiger partial charge in [0.2, 0.25) is 0 Å². The molecular formula is C10H10O2S. The number of carbonyl (C=O) groups excluding carboxylic acids is 1. The van der Waals surface area contributed by atoms with Gasteiger partial charge in [-0.25, -0.2) is 0 Å². The molecular weight excluding hydrogens is 184 g/mol. The molecule has 2 rings (SSSR count). The van der Waals surface area contributed by atoms with Crippen LogP contribution in [0.5, 0.6) is 0 Å². The molecule has 2 nitrogen and oxygen atoms in total. The largest absolute Gasteiger partial charge is 0.381 e. The van der Waals surface area contributed by atoms with Crippen molar-refractivity contribution in [3.63, 3.8) is 0 Å². The van der Waals surface area contributed by atoms with Crippen molar-refractivity contribution in [3.05, 3.63) is 29.8 Å². The van der Waals surface area contributed by atoms with Gasteiger partial charge in [-0.15, -0.1) is 11.8 Å². The number of carbonyl (C=O) groups is 1.